The zero-order valence-corrected chi connectivity index (χ0v) is 16.3. The number of imidazole rings is 1. The van der Waals surface area contributed by atoms with E-state index in [0.717, 1.165) is 17.9 Å². The van der Waals surface area contributed by atoms with Crippen molar-refractivity contribution in [2.24, 2.45) is 0 Å². The van der Waals surface area contributed by atoms with E-state index >= 15 is 0 Å². The summed E-state index contributed by atoms with van der Waals surface area (Å²) in [6.07, 6.45) is 7.02. The summed E-state index contributed by atoms with van der Waals surface area (Å²) in [5.41, 5.74) is 0.787. The summed E-state index contributed by atoms with van der Waals surface area (Å²) in [6.45, 7) is 6.03. The fraction of sp³-hybridized carbons (Fsp3) is 0.389. The van der Waals surface area contributed by atoms with Crippen molar-refractivity contribution < 1.29 is 9.53 Å². The molecular weight excluding hydrogens is 374 g/mol. The molecule has 1 N–H and O–H groups in total. The van der Waals surface area contributed by atoms with Crippen LogP contribution in [-0.4, -0.2) is 53.2 Å². The third-order valence-corrected chi connectivity index (χ3v) is 4.61. The molecule has 3 aromatic heterocycles. The van der Waals surface area contributed by atoms with Gasteiger partial charge in [-0.05, 0) is 26.3 Å². The molecule has 0 bridgehead atoms. The van der Waals surface area contributed by atoms with Gasteiger partial charge < -0.3 is 10.1 Å². The second kappa shape index (κ2) is 7.78. The smallest absolute Gasteiger partial charge is 0.417 e. The molecule has 0 aliphatic carbocycles. The van der Waals surface area contributed by atoms with Crippen LogP contribution in [0.5, 0.6) is 0 Å². The van der Waals surface area contributed by atoms with Crippen LogP contribution in [0.4, 0.5) is 16.7 Å². The molecule has 150 valence electrons. The van der Waals surface area contributed by atoms with Gasteiger partial charge >= 0.3 is 6.09 Å². The van der Waals surface area contributed by atoms with Gasteiger partial charge in [-0.15, -0.1) is 0 Å². The number of hydrogen-bond donors (Lipinski definition) is 1. The first-order valence-electron chi connectivity index (χ1n) is 9.30. The first-order valence-corrected chi connectivity index (χ1v) is 9.30. The first-order chi connectivity index (χ1) is 14.0. The van der Waals surface area contributed by atoms with Gasteiger partial charge in [-0.1, -0.05) is 6.92 Å². The molecule has 0 radical (unpaired) electrons. The Balaban J connectivity index is 1.54. The molecule has 4 rings (SSSR count). The molecule has 1 aliphatic rings. The summed E-state index contributed by atoms with van der Waals surface area (Å²) in [4.78, 5) is 39.2. The predicted molar refractivity (Wildman–Crippen MR) is 104 cm³/mol. The molecule has 1 amide bonds. The van der Waals surface area contributed by atoms with Crippen molar-refractivity contribution in [1.82, 2.24) is 34.5 Å². The van der Waals surface area contributed by atoms with Crippen molar-refractivity contribution in [3.63, 3.8) is 0 Å². The molecule has 0 aromatic carbocycles. The van der Waals surface area contributed by atoms with Crippen LogP contribution in [0, 0.1) is 6.92 Å². The summed E-state index contributed by atoms with van der Waals surface area (Å²) in [6, 6.07) is 1.53. The number of aromatic nitrogens is 7. The van der Waals surface area contributed by atoms with Crippen LogP contribution in [0.2, 0.25) is 0 Å². The third-order valence-electron chi connectivity index (χ3n) is 4.61. The summed E-state index contributed by atoms with van der Waals surface area (Å²) in [7, 11) is 0. The van der Waals surface area contributed by atoms with Crippen LogP contribution in [0.15, 0.2) is 31.1 Å². The molecular formula is C18H21N9O2. The lowest BCUT2D eigenvalue weighted by atomic mass is 10.2. The van der Waals surface area contributed by atoms with Gasteiger partial charge in [0.15, 0.2) is 0 Å². The van der Waals surface area contributed by atoms with E-state index in [4.69, 9.17) is 4.74 Å². The van der Waals surface area contributed by atoms with Gasteiger partial charge in [-0.3, -0.25) is 4.57 Å². The number of amides is 1. The molecule has 2 atom stereocenters. The number of nitrogens with one attached hydrogen (secondary N) is 1. The maximum atomic E-state index is 12.1. The number of hydrogen-bond acceptors (Lipinski definition) is 9. The Morgan fingerprint density at radius 2 is 2.17 bits per heavy atom. The zero-order chi connectivity index (χ0) is 20.4. The summed E-state index contributed by atoms with van der Waals surface area (Å²) in [5, 5.41) is 3.23. The number of carbonyl (C=O) groups is 1. The fourth-order valence-electron chi connectivity index (χ4n) is 3.04. The number of aryl methyl sites for hydroxylation is 1. The van der Waals surface area contributed by atoms with Crippen LogP contribution in [0.1, 0.15) is 37.8 Å². The molecule has 3 aromatic rings. The lowest BCUT2D eigenvalue weighted by molar-refractivity contribution is 0.178. The highest BCUT2D eigenvalue weighted by molar-refractivity contribution is 5.88. The monoisotopic (exact) mass is 395 g/mol. The molecule has 11 nitrogen and oxygen atoms in total. The molecule has 1 fully saturated rings. The molecule has 29 heavy (non-hydrogen) atoms. The van der Waals surface area contributed by atoms with E-state index < -0.39 is 6.09 Å². The largest absolute Gasteiger partial charge is 0.447 e. The van der Waals surface area contributed by atoms with Crippen molar-refractivity contribution in [2.75, 3.05) is 16.8 Å². The highest BCUT2D eigenvalue weighted by Crippen LogP contribution is 2.23. The van der Waals surface area contributed by atoms with Gasteiger partial charge in [-0.25, -0.2) is 24.6 Å². The summed E-state index contributed by atoms with van der Waals surface area (Å²) < 4.78 is 6.95. The highest BCUT2D eigenvalue weighted by atomic mass is 16.6. The van der Waals surface area contributed by atoms with Crippen LogP contribution in [-0.2, 0) is 4.74 Å². The molecule has 11 heteroatoms. The molecule has 0 saturated carbocycles. The van der Waals surface area contributed by atoms with E-state index in [1.165, 1.54) is 11.2 Å². The lowest BCUT2D eigenvalue weighted by Crippen LogP contribution is -2.34. The van der Waals surface area contributed by atoms with Gasteiger partial charge in [0.05, 0.1) is 17.8 Å². The van der Waals surface area contributed by atoms with E-state index in [1.54, 1.807) is 25.5 Å². The normalized spacial score (nSPS) is 17.3. The Bertz CT molecular complexity index is 1010. The molecule has 0 spiro atoms. The molecule has 1 saturated heterocycles. The Morgan fingerprint density at radius 3 is 2.93 bits per heavy atom. The Morgan fingerprint density at radius 1 is 1.31 bits per heavy atom. The van der Waals surface area contributed by atoms with E-state index in [1.807, 2.05) is 24.6 Å². The number of nitrogens with zero attached hydrogens (tertiary/aromatic N) is 8. The number of carbonyl (C=O) groups excluding carboxylic acids is 1. The van der Waals surface area contributed by atoms with E-state index in [2.05, 4.69) is 35.2 Å². The van der Waals surface area contributed by atoms with E-state index in [0.29, 0.717) is 18.4 Å². The Hall–Kier alpha value is -3.63. The number of anilines is 2. The van der Waals surface area contributed by atoms with Crippen molar-refractivity contribution in [3.8, 4) is 5.82 Å². The topological polar surface area (TPSA) is 124 Å². The molecule has 1 aliphatic heterocycles. The minimum Gasteiger partial charge on any atom is -0.447 e. The van der Waals surface area contributed by atoms with Crippen molar-refractivity contribution in [1.29, 1.82) is 0 Å². The van der Waals surface area contributed by atoms with Gasteiger partial charge in [0, 0.05) is 12.4 Å². The van der Waals surface area contributed by atoms with Crippen LogP contribution in [0.25, 0.3) is 5.82 Å². The Kier molecular flexibility index (Phi) is 5.02. The van der Waals surface area contributed by atoms with Gasteiger partial charge in [-0.2, -0.15) is 15.0 Å². The van der Waals surface area contributed by atoms with Crippen LogP contribution >= 0.6 is 0 Å². The second-order valence-corrected chi connectivity index (χ2v) is 6.65. The Labute approximate surface area is 167 Å². The summed E-state index contributed by atoms with van der Waals surface area (Å²) >= 11 is 0. The number of cyclic esters (lactones) is 1. The van der Waals surface area contributed by atoms with E-state index in [-0.39, 0.29) is 18.0 Å². The minimum absolute atomic E-state index is 0.0851. The van der Waals surface area contributed by atoms with Crippen molar-refractivity contribution >= 4 is 18.0 Å². The van der Waals surface area contributed by atoms with Crippen LogP contribution in [0.3, 0.4) is 0 Å². The average Bonchev–Trinajstić information content (AvgIpc) is 3.35. The van der Waals surface area contributed by atoms with Gasteiger partial charge in [0.2, 0.25) is 11.9 Å². The SMILES string of the molecule is CC[C@H]1COC(=O)N1c1nc(C)nc(N[C@@H](C)c2cn(-c3ccncn3)cn2)n1. The summed E-state index contributed by atoms with van der Waals surface area (Å²) in [5.74, 6) is 1.88. The number of rotatable bonds is 6. The standard InChI is InChI=1S/C18H21N9O2/c1-4-13-8-29-18(28)27(13)17-24-12(3)23-16(25-17)22-11(2)14-7-26(10-21-14)15-5-6-19-9-20-15/h5-7,9-11,13H,4,8H2,1-3H3,(H,22,23,24,25)/t11-,13-/m0/s1. The average molecular weight is 395 g/mol. The minimum atomic E-state index is -0.440. The van der Waals surface area contributed by atoms with Gasteiger partial charge in [0.25, 0.3) is 0 Å². The fourth-order valence-corrected chi connectivity index (χ4v) is 3.04. The van der Waals surface area contributed by atoms with E-state index in [9.17, 15) is 4.79 Å². The third kappa shape index (κ3) is 3.84. The van der Waals surface area contributed by atoms with Crippen molar-refractivity contribution in [3.05, 3.63) is 42.6 Å². The maximum absolute atomic E-state index is 12.1. The molecule has 0 unspecified atom stereocenters. The van der Waals surface area contributed by atoms with Crippen LogP contribution < -0.4 is 10.2 Å². The molecule has 4 heterocycles. The highest BCUT2D eigenvalue weighted by Gasteiger charge is 2.35. The predicted octanol–water partition coefficient (Wildman–Crippen LogP) is 2.06. The van der Waals surface area contributed by atoms with Gasteiger partial charge in [0.1, 0.15) is 30.9 Å². The second-order valence-electron chi connectivity index (χ2n) is 6.65. The lowest BCUT2D eigenvalue weighted by Gasteiger charge is -2.19. The first kappa shape index (κ1) is 18.7. The maximum Gasteiger partial charge on any atom is 0.417 e. The number of ether oxygens (including phenoxy) is 1. The quantitative estimate of drug-likeness (QED) is 0.668. The zero-order valence-electron chi connectivity index (χ0n) is 16.3. The van der Waals surface area contributed by atoms with Crippen molar-refractivity contribution in [2.45, 2.75) is 39.3 Å².